The maximum atomic E-state index is 12.7. The van der Waals surface area contributed by atoms with Gasteiger partial charge in [-0.3, -0.25) is 4.98 Å². The van der Waals surface area contributed by atoms with Crippen LogP contribution in [0.15, 0.2) is 12.1 Å². The van der Waals surface area contributed by atoms with Gasteiger partial charge in [0.15, 0.2) is 0 Å². The molecule has 2 aliphatic heterocycles. The third kappa shape index (κ3) is 4.03. The van der Waals surface area contributed by atoms with Crippen molar-refractivity contribution in [2.45, 2.75) is 33.1 Å². The van der Waals surface area contributed by atoms with Crippen LogP contribution >= 0.6 is 0 Å². The molecular formula is C18H31N5O2S. The summed E-state index contributed by atoms with van der Waals surface area (Å²) >= 11 is 0. The first-order chi connectivity index (χ1) is 12.5. The van der Waals surface area contributed by atoms with Crippen LogP contribution in [-0.2, 0) is 10.2 Å². The monoisotopic (exact) mass is 381 g/mol. The van der Waals surface area contributed by atoms with Crippen LogP contribution in [0.2, 0.25) is 0 Å². The molecule has 0 amide bonds. The quantitative estimate of drug-likeness (QED) is 0.801. The number of anilines is 1. The summed E-state index contributed by atoms with van der Waals surface area (Å²) in [5.41, 5.74) is 3.35. The van der Waals surface area contributed by atoms with Crippen LogP contribution in [-0.4, -0.2) is 74.4 Å². The van der Waals surface area contributed by atoms with E-state index in [1.54, 1.807) is 4.31 Å². The zero-order valence-corrected chi connectivity index (χ0v) is 16.9. The highest BCUT2D eigenvalue weighted by Crippen LogP contribution is 2.26. The van der Waals surface area contributed by atoms with Crippen LogP contribution in [0.25, 0.3) is 0 Å². The zero-order chi connectivity index (χ0) is 18.7. The number of piperazine rings is 1. The van der Waals surface area contributed by atoms with Gasteiger partial charge in [0, 0.05) is 68.8 Å². The molecule has 0 unspecified atom stereocenters. The molecule has 3 rings (SSSR count). The summed E-state index contributed by atoms with van der Waals surface area (Å²) in [6, 6.07) is 4.31. The van der Waals surface area contributed by atoms with E-state index in [1.807, 2.05) is 20.8 Å². The number of aryl methyl sites for hydroxylation is 1. The number of hydrogen-bond donors (Lipinski definition) is 1. The van der Waals surface area contributed by atoms with Gasteiger partial charge in [0.2, 0.25) is 0 Å². The number of rotatable bonds is 6. The molecule has 0 spiro atoms. The SMILES string of the molecule is CCN(CC)S(=O)(=O)N1CCN(c2cc(C)nc([C@@H]3CCNC3)c2)CC1. The predicted octanol–water partition coefficient (Wildman–Crippen LogP) is 1.18. The average Bonchev–Trinajstić information content (AvgIpc) is 3.17. The van der Waals surface area contributed by atoms with Crippen molar-refractivity contribution < 1.29 is 8.42 Å². The van der Waals surface area contributed by atoms with Gasteiger partial charge in [-0.1, -0.05) is 13.8 Å². The molecule has 1 atom stereocenters. The van der Waals surface area contributed by atoms with E-state index in [1.165, 1.54) is 9.99 Å². The minimum Gasteiger partial charge on any atom is -0.369 e. The van der Waals surface area contributed by atoms with E-state index in [-0.39, 0.29) is 0 Å². The number of nitrogens with one attached hydrogen (secondary N) is 1. The Bertz CT molecular complexity index is 706. The van der Waals surface area contributed by atoms with Crippen LogP contribution in [0.5, 0.6) is 0 Å². The van der Waals surface area contributed by atoms with Gasteiger partial charge in [0.25, 0.3) is 10.2 Å². The molecule has 8 heteroatoms. The minimum atomic E-state index is -3.34. The lowest BCUT2D eigenvalue weighted by Gasteiger charge is -2.37. The van der Waals surface area contributed by atoms with E-state index >= 15 is 0 Å². The molecule has 1 aromatic rings. The summed E-state index contributed by atoms with van der Waals surface area (Å²) in [6.45, 7) is 11.4. The summed E-state index contributed by atoms with van der Waals surface area (Å²) < 4.78 is 28.5. The van der Waals surface area contributed by atoms with Gasteiger partial charge in [0.1, 0.15) is 0 Å². The molecule has 0 bridgehead atoms. The molecule has 1 aromatic heterocycles. The summed E-state index contributed by atoms with van der Waals surface area (Å²) in [4.78, 5) is 7.02. The summed E-state index contributed by atoms with van der Waals surface area (Å²) in [6.07, 6.45) is 1.13. The van der Waals surface area contributed by atoms with E-state index in [9.17, 15) is 8.42 Å². The maximum Gasteiger partial charge on any atom is 0.282 e. The fourth-order valence-electron chi connectivity index (χ4n) is 3.86. The molecule has 1 N–H and O–H groups in total. The van der Waals surface area contributed by atoms with Crippen molar-refractivity contribution >= 4 is 15.9 Å². The van der Waals surface area contributed by atoms with Crippen LogP contribution in [0.4, 0.5) is 5.69 Å². The largest absolute Gasteiger partial charge is 0.369 e. The molecule has 26 heavy (non-hydrogen) atoms. The number of aromatic nitrogens is 1. The second-order valence-electron chi connectivity index (χ2n) is 7.06. The second kappa shape index (κ2) is 8.21. The molecule has 3 heterocycles. The van der Waals surface area contributed by atoms with Crippen LogP contribution < -0.4 is 10.2 Å². The van der Waals surface area contributed by atoms with Gasteiger partial charge < -0.3 is 10.2 Å². The summed E-state index contributed by atoms with van der Waals surface area (Å²) in [5, 5.41) is 3.40. The van der Waals surface area contributed by atoms with Crippen molar-refractivity contribution in [3.05, 3.63) is 23.5 Å². The summed E-state index contributed by atoms with van der Waals surface area (Å²) in [7, 11) is -3.34. The fraction of sp³-hybridized carbons (Fsp3) is 0.722. The van der Waals surface area contributed by atoms with Gasteiger partial charge in [-0.25, -0.2) is 0 Å². The molecule has 0 radical (unpaired) electrons. The molecule has 7 nitrogen and oxygen atoms in total. The summed E-state index contributed by atoms with van der Waals surface area (Å²) in [5.74, 6) is 0.484. The lowest BCUT2D eigenvalue weighted by Crippen LogP contribution is -2.53. The molecule has 0 aromatic carbocycles. The van der Waals surface area contributed by atoms with Crippen LogP contribution in [0, 0.1) is 6.92 Å². The average molecular weight is 382 g/mol. The van der Waals surface area contributed by atoms with Crippen molar-refractivity contribution in [3.63, 3.8) is 0 Å². The normalized spacial score (nSPS) is 22.3. The lowest BCUT2D eigenvalue weighted by atomic mass is 10.0. The highest BCUT2D eigenvalue weighted by Gasteiger charge is 2.31. The van der Waals surface area contributed by atoms with Gasteiger partial charge >= 0.3 is 0 Å². The Morgan fingerprint density at radius 1 is 1.19 bits per heavy atom. The number of pyridine rings is 1. The molecule has 146 valence electrons. The number of nitrogens with zero attached hydrogens (tertiary/aromatic N) is 4. The predicted molar refractivity (Wildman–Crippen MR) is 105 cm³/mol. The van der Waals surface area contributed by atoms with E-state index in [2.05, 4.69) is 22.3 Å². The molecule has 0 aliphatic carbocycles. The smallest absolute Gasteiger partial charge is 0.282 e. The molecule has 0 saturated carbocycles. The van der Waals surface area contributed by atoms with Crippen LogP contribution in [0.3, 0.4) is 0 Å². The molecule has 2 aliphatic rings. The zero-order valence-electron chi connectivity index (χ0n) is 16.1. The Balaban J connectivity index is 1.70. The first-order valence-corrected chi connectivity index (χ1v) is 11.0. The van der Waals surface area contributed by atoms with Crippen molar-refractivity contribution in [1.82, 2.24) is 18.9 Å². The fourth-order valence-corrected chi connectivity index (χ4v) is 5.47. The van der Waals surface area contributed by atoms with Crippen LogP contribution in [0.1, 0.15) is 37.6 Å². The van der Waals surface area contributed by atoms with Crippen molar-refractivity contribution in [1.29, 1.82) is 0 Å². The Morgan fingerprint density at radius 3 is 2.46 bits per heavy atom. The third-order valence-electron chi connectivity index (χ3n) is 5.40. The van der Waals surface area contributed by atoms with Gasteiger partial charge in [-0.2, -0.15) is 17.0 Å². The van der Waals surface area contributed by atoms with Crippen molar-refractivity contribution in [3.8, 4) is 0 Å². The second-order valence-corrected chi connectivity index (χ2v) is 8.99. The number of hydrogen-bond acceptors (Lipinski definition) is 5. The Hall–Kier alpha value is -1.22. The standard InChI is InChI=1S/C18H31N5O2S/c1-4-22(5-2)26(24,25)23-10-8-21(9-11-23)17-12-15(3)20-18(13-17)16-6-7-19-14-16/h12-13,16,19H,4-11,14H2,1-3H3/t16-/m1/s1. The third-order valence-corrected chi connectivity index (χ3v) is 7.59. The molecular weight excluding hydrogens is 350 g/mol. The highest BCUT2D eigenvalue weighted by atomic mass is 32.2. The Labute approximate surface area is 157 Å². The Kier molecular flexibility index (Phi) is 6.17. The van der Waals surface area contributed by atoms with Gasteiger partial charge in [-0.05, 0) is 32.0 Å². The lowest BCUT2D eigenvalue weighted by molar-refractivity contribution is 0.334. The van der Waals surface area contributed by atoms with Crippen molar-refractivity contribution in [2.24, 2.45) is 0 Å². The van der Waals surface area contributed by atoms with E-state index in [0.29, 0.717) is 45.2 Å². The van der Waals surface area contributed by atoms with E-state index in [0.717, 1.165) is 30.9 Å². The van der Waals surface area contributed by atoms with Crippen molar-refractivity contribution in [2.75, 3.05) is 57.3 Å². The first kappa shape index (κ1) is 19.5. The molecule has 2 fully saturated rings. The van der Waals surface area contributed by atoms with Gasteiger partial charge in [0.05, 0.1) is 0 Å². The van der Waals surface area contributed by atoms with Gasteiger partial charge in [-0.15, -0.1) is 0 Å². The Morgan fingerprint density at radius 2 is 1.88 bits per heavy atom. The highest BCUT2D eigenvalue weighted by molar-refractivity contribution is 7.86. The van der Waals surface area contributed by atoms with E-state index < -0.39 is 10.2 Å². The topological polar surface area (TPSA) is 68.8 Å². The van der Waals surface area contributed by atoms with E-state index in [4.69, 9.17) is 4.98 Å². The maximum absolute atomic E-state index is 12.7. The minimum absolute atomic E-state index is 0.484. The molecule has 2 saturated heterocycles. The first-order valence-electron chi connectivity index (χ1n) is 9.65.